The number of para-hydroxylation sites is 1. The first-order valence-electron chi connectivity index (χ1n) is 4.98. The largest absolute Gasteiger partial charge is 0.501 e. The molecule has 1 atom stereocenters. The van der Waals surface area contributed by atoms with Crippen LogP contribution in [-0.4, -0.2) is 31.7 Å². The highest BCUT2D eigenvalue weighted by molar-refractivity contribution is 7.92. The van der Waals surface area contributed by atoms with Crippen LogP contribution in [0.2, 0.25) is 0 Å². The zero-order valence-corrected chi connectivity index (χ0v) is 10.2. The van der Waals surface area contributed by atoms with Gasteiger partial charge in [0.05, 0.1) is 16.7 Å². The Labute approximate surface area is 102 Å². The van der Waals surface area contributed by atoms with Gasteiger partial charge in [-0.15, -0.1) is 0 Å². The van der Waals surface area contributed by atoms with Crippen molar-refractivity contribution in [1.82, 2.24) is 0 Å². The lowest BCUT2D eigenvalue weighted by molar-refractivity contribution is -0.0435. The second-order valence-corrected chi connectivity index (χ2v) is 5.58. The number of anilines is 1. The normalized spacial score (nSPS) is 14.3. The number of aliphatic hydroxyl groups excluding tert-OH is 1. The van der Waals surface area contributed by atoms with Gasteiger partial charge >= 0.3 is 5.51 Å². The van der Waals surface area contributed by atoms with Gasteiger partial charge in [0.25, 0.3) is 9.84 Å². The van der Waals surface area contributed by atoms with Gasteiger partial charge in [0.1, 0.15) is 0 Å². The molecule has 0 amide bonds. The zero-order chi connectivity index (χ0) is 14.0. The third-order valence-electron chi connectivity index (χ3n) is 2.07. The van der Waals surface area contributed by atoms with Crippen molar-refractivity contribution in [3.05, 3.63) is 24.3 Å². The van der Waals surface area contributed by atoms with Gasteiger partial charge in [-0.1, -0.05) is 12.1 Å². The molecule has 2 N–H and O–H groups in total. The van der Waals surface area contributed by atoms with Crippen molar-refractivity contribution >= 4 is 15.5 Å². The third-order valence-corrected chi connectivity index (χ3v) is 3.61. The first kappa shape index (κ1) is 14.8. The van der Waals surface area contributed by atoms with Crippen molar-refractivity contribution in [3.8, 4) is 0 Å². The highest BCUT2D eigenvalue weighted by Crippen LogP contribution is 2.34. The van der Waals surface area contributed by atoms with E-state index in [0.29, 0.717) is 0 Å². The molecule has 8 heteroatoms. The summed E-state index contributed by atoms with van der Waals surface area (Å²) in [7, 11) is -5.40. The second-order valence-electron chi connectivity index (χ2n) is 3.68. The molecule has 1 aromatic rings. The topological polar surface area (TPSA) is 66.4 Å². The van der Waals surface area contributed by atoms with E-state index < -0.39 is 26.3 Å². The van der Waals surface area contributed by atoms with Crippen molar-refractivity contribution in [2.24, 2.45) is 0 Å². The van der Waals surface area contributed by atoms with Gasteiger partial charge in [-0.3, -0.25) is 0 Å². The summed E-state index contributed by atoms with van der Waals surface area (Å²) in [6.07, 6.45) is -0.813. The lowest BCUT2D eigenvalue weighted by Gasteiger charge is -2.14. The number of rotatable bonds is 4. The Kier molecular flexibility index (Phi) is 4.23. The van der Waals surface area contributed by atoms with E-state index >= 15 is 0 Å². The molecule has 0 bridgehead atoms. The summed E-state index contributed by atoms with van der Waals surface area (Å²) in [5.41, 5.74) is -5.54. The lowest BCUT2D eigenvalue weighted by Crippen LogP contribution is -2.25. The first-order chi connectivity index (χ1) is 8.16. The minimum absolute atomic E-state index is 0.0512. The molecule has 0 radical (unpaired) electrons. The van der Waals surface area contributed by atoms with E-state index in [9.17, 15) is 21.6 Å². The fraction of sp³-hybridized carbons (Fsp3) is 0.400. The van der Waals surface area contributed by atoms with Crippen LogP contribution in [0.25, 0.3) is 0 Å². The number of hydrogen-bond donors (Lipinski definition) is 2. The fourth-order valence-corrected chi connectivity index (χ4v) is 2.17. The van der Waals surface area contributed by atoms with Gasteiger partial charge < -0.3 is 10.4 Å². The summed E-state index contributed by atoms with van der Waals surface area (Å²) >= 11 is 0. The average Bonchev–Trinajstić information content (AvgIpc) is 2.25. The van der Waals surface area contributed by atoms with Gasteiger partial charge in [0.2, 0.25) is 0 Å². The number of sulfone groups is 1. The standard InChI is InChI=1S/C10H12F3NO3S/c1-7(15)6-14-8-4-2-3-5-9(8)18(16,17)10(11,12)13/h2-5,7,14-15H,6H2,1H3. The van der Waals surface area contributed by atoms with Crippen LogP contribution in [0.4, 0.5) is 18.9 Å². The van der Waals surface area contributed by atoms with Crippen LogP contribution in [0.15, 0.2) is 29.2 Å². The average molecular weight is 283 g/mol. The third kappa shape index (κ3) is 3.14. The molecule has 0 aliphatic rings. The SMILES string of the molecule is CC(O)CNc1ccccc1S(=O)(=O)C(F)(F)F. The fourth-order valence-electron chi connectivity index (χ4n) is 1.23. The highest BCUT2D eigenvalue weighted by atomic mass is 32.2. The molecule has 0 aliphatic heterocycles. The van der Waals surface area contributed by atoms with Crippen LogP contribution < -0.4 is 5.32 Å². The minimum atomic E-state index is -5.40. The van der Waals surface area contributed by atoms with E-state index in [0.717, 1.165) is 6.07 Å². The van der Waals surface area contributed by atoms with E-state index in [-0.39, 0.29) is 12.2 Å². The number of alkyl halides is 3. The summed E-state index contributed by atoms with van der Waals surface area (Å²) in [6.45, 7) is 1.37. The quantitative estimate of drug-likeness (QED) is 0.884. The van der Waals surface area contributed by atoms with E-state index in [1.807, 2.05) is 0 Å². The van der Waals surface area contributed by atoms with Gasteiger partial charge in [0, 0.05) is 6.54 Å². The van der Waals surface area contributed by atoms with Crippen LogP contribution in [-0.2, 0) is 9.84 Å². The van der Waals surface area contributed by atoms with Crippen molar-refractivity contribution in [1.29, 1.82) is 0 Å². The summed E-state index contributed by atoms with van der Waals surface area (Å²) in [4.78, 5) is -0.849. The zero-order valence-electron chi connectivity index (χ0n) is 9.40. The Hall–Kier alpha value is -1.28. The number of benzene rings is 1. The predicted molar refractivity (Wildman–Crippen MR) is 59.9 cm³/mol. The van der Waals surface area contributed by atoms with Crippen LogP contribution >= 0.6 is 0 Å². The van der Waals surface area contributed by atoms with Crippen molar-refractivity contribution in [3.63, 3.8) is 0 Å². The summed E-state index contributed by atoms with van der Waals surface area (Å²) in [6, 6.07) is 4.68. The predicted octanol–water partition coefficient (Wildman–Crippen LogP) is 1.77. The summed E-state index contributed by atoms with van der Waals surface area (Å²) in [5, 5.41) is 11.5. The molecule has 1 rings (SSSR count). The molecule has 0 aromatic heterocycles. The maximum absolute atomic E-state index is 12.4. The van der Waals surface area contributed by atoms with Gasteiger partial charge in [0.15, 0.2) is 0 Å². The minimum Gasteiger partial charge on any atom is -0.392 e. The maximum Gasteiger partial charge on any atom is 0.501 e. The van der Waals surface area contributed by atoms with Gasteiger partial charge in [-0.05, 0) is 19.1 Å². The molecule has 1 aromatic carbocycles. The van der Waals surface area contributed by atoms with Crippen LogP contribution in [0.1, 0.15) is 6.92 Å². The van der Waals surface area contributed by atoms with E-state index in [2.05, 4.69) is 5.32 Å². The molecule has 0 fully saturated rings. The van der Waals surface area contributed by atoms with E-state index in [1.165, 1.54) is 25.1 Å². The van der Waals surface area contributed by atoms with Gasteiger partial charge in [-0.25, -0.2) is 8.42 Å². The van der Waals surface area contributed by atoms with E-state index in [4.69, 9.17) is 5.11 Å². The first-order valence-corrected chi connectivity index (χ1v) is 6.47. The van der Waals surface area contributed by atoms with Crippen LogP contribution in [0.3, 0.4) is 0 Å². The molecular formula is C10H12F3NO3S. The molecule has 0 saturated carbocycles. The van der Waals surface area contributed by atoms with Crippen LogP contribution in [0.5, 0.6) is 0 Å². The molecule has 4 nitrogen and oxygen atoms in total. The Bertz CT molecular complexity index is 511. The lowest BCUT2D eigenvalue weighted by atomic mass is 10.3. The number of aliphatic hydroxyl groups is 1. The molecular weight excluding hydrogens is 271 g/mol. The number of nitrogens with one attached hydrogen (secondary N) is 1. The summed E-state index contributed by atoms with van der Waals surface area (Å²) < 4.78 is 59.9. The summed E-state index contributed by atoms with van der Waals surface area (Å²) in [5.74, 6) is 0. The van der Waals surface area contributed by atoms with Gasteiger partial charge in [-0.2, -0.15) is 13.2 Å². The Balaban J connectivity index is 3.18. The maximum atomic E-state index is 12.4. The number of halogens is 3. The molecule has 1 unspecified atom stereocenters. The highest BCUT2D eigenvalue weighted by Gasteiger charge is 2.47. The van der Waals surface area contributed by atoms with Crippen LogP contribution in [0, 0.1) is 0 Å². The molecule has 0 spiro atoms. The molecule has 18 heavy (non-hydrogen) atoms. The Morgan fingerprint density at radius 1 is 1.33 bits per heavy atom. The molecule has 102 valence electrons. The molecule has 0 aliphatic carbocycles. The second kappa shape index (κ2) is 5.15. The molecule has 0 saturated heterocycles. The Morgan fingerprint density at radius 2 is 1.89 bits per heavy atom. The Morgan fingerprint density at radius 3 is 2.39 bits per heavy atom. The van der Waals surface area contributed by atoms with Crippen molar-refractivity contribution in [2.45, 2.75) is 23.4 Å². The monoisotopic (exact) mass is 283 g/mol. The van der Waals surface area contributed by atoms with Crippen molar-refractivity contribution < 1.29 is 26.7 Å². The molecule has 0 heterocycles. The smallest absolute Gasteiger partial charge is 0.392 e. The number of hydrogen-bond acceptors (Lipinski definition) is 4. The van der Waals surface area contributed by atoms with Crippen molar-refractivity contribution in [2.75, 3.05) is 11.9 Å². The van der Waals surface area contributed by atoms with E-state index in [1.54, 1.807) is 0 Å².